The molecule has 8 heteroatoms. The molecule has 0 aromatic rings. The third kappa shape index (κ3) is 3.84. The fourth-order valence-corrected chi connectivity index (χ4v) is 1.37. The van der Waals surface area contributed by atoms with Gasteiger partial charge in [0.15, 0.2) is 0 Å². The van der Waals surface area contributed by atoms with Gasteiger partial charge in [-0.3, -0.25) is 4.79 Å². The van der Waals surface area contributed by atoms with Gasteiger partial charge < -0.3 is 20.1 Å². The van der Waals surface area contributed by atoms with Gasteiger partial charge in [-0.2, -0.15) is 0 Å². The highest BCUT2D eigenvalue weighted by atomic mass is 31.2. The highest BCUT2D eigenvalue weighted by Crippen LogP contribution is 2.40. The van der Waals surface area contributed by atoms with Gasteiger partial charge in [0.1, 0.15) is 6.04 Å². The Labute approximate surface area is 74.8 Å². The number of aliphatic carboxylic acids is 1. The van der Waals surface area contributed by atoms with Gasteiger partial charge in [-0.1, -0.05) is 18.2 Å². The van der Waals surface area contributed by atoms with Crippen molar-refractivity contribution in [2.24, 2.45) is 0 Å². The Kier molecular flexibility index (Phi) is 4.52. The largest absolute Gasteiger partial charge is 0.480 e. The Morgan fingerprint density at radius 1 is 1.54 bits per heavy atom. The lowest BCUT2D eigenvalue weighted by Gasteiger charge is -2.21. The molecule has 0 rings (SSSR count). The molecule has 0 aromatic heterocycles. The van der Waals surface area contributed by atoms with Gasteiger partial charge in [0.25, 0.3) is 0 Å². The first-order valence-electron chi connectivity index (χ1n) is 3.57. The van der Waals surface area contributed by atoms with Crippen molar-refractivity contribution in [3.05, 3.63) is 0 Å². The summed E-state index contributed by atoms with van der Waals surface area (Å²) in [7, 11) is -4.89. The monoisotopic (exact) mass is 213 g/mol. The molecule has 0 aromatic carbocycles. The van der Waals surface area contributed by atoms with Crippen LogP contribution in [0.2, 0.25) is 0 Å². The van der Waals surface area contributed by atoms with Crippen LogP contribution in [0.3, 0.4) is 0 Å². The standard InChI is InChI=1S/C5H12NO6P/c1-2-3-4(5(7)8)6(9)13(10,11)12/h4,9H,2-3H2,1H3,(H,7,8)(H2,10,11,12)/t4-/m0/s1. The van der Waals surface area contributed by atoms with Gasteiger partial charge in [0, 0.05) is 0 Å². The number of carboxylic acid groups (broad SMARTS) is 1. The molecule has 0 amide bonds. The Bertz CT molecular complexity index is 225. The van der Waals surface area contributed by atoms with Gasteiger partial charge in [0.2, 0.25) is 0 Å². The van der Waals surface area contributed by atoms with Crippen LogP contribution in [0.4, 0.5) is 0 Å². The second kappa shape index (κ2) is 4.69. The van der Waals surface area contributed by atoms with Crippen molar-refractivity contribution in [3.63, 3.8) is 0 Å². The minimum absolute atomic E-state index is 0.0308. The summed E-state index contributed by atoms with van der Waals surface area (Å²) in [4.78, 5) is 26.9. The number of carbonyl (C=O) groups is 1. The number of rotatable bonds is 5. The van der Waals surface area contributed by atoms with Crippen molar-refractivity contribution in [1.82, 2.24) is 4.83 Å². The van der Waals surface area contributed by atoms with Gasteiger partial charge in [-0.15, -0.1) is 0 Å². The van der Waals surface area contributed by atoms with Crippen LogP contribution in [-0.4, -0.2) is 36.9 Å². The maximum Gasteiger partial charge on any atom is 0.426 e. The molecule has 0 heterocycles. The van der Waals surface area contributed by atoms with E-state index in [0.717, 1.165) is 0 Å². The highest BCUT2D eigenvalue weighted by Gasteiger charge is 2.35. The van der Waals surface area contributed by atoms with E-state index < -0.39 is 24.6 Å². The third-order valence-corrected chi connectivity index (χ3v) is 2.21. The lowest BCUT2D eigenvalue weighted by Crippen LogP contribution is -2.36. The Morgan fingerprint density at radius 2 is 2.00 bits per heavy atom. The van der Waals surface area contributed by atoms with E-state index in [4.69, 9.17) is 20.1 Å². The molecule has 0 spiro atoms. The van der Waals surface area contributed by atoms with E-state index in [1.54, 1.807) is 6.92 Å². The minimum atomic E-state index is -4.89. The molecule has 0 saturated heterocycles. The van der Waals surface area contributed by atoms with Crippen LogP contribution in [0.15, 0.2) is 0 Å². The number of hydroxylamine groups is 1. The van der Waals surface area contributed by atoms with Crippen molar-refractivity contribution >= 4 is 13.7 Å². The molecular weight excluding hydrogens is 201 g/mol. The Morgan fingerprint density at radius 3 is 2.23 bits per heavy atom. The lowest BCUT2D eigenvalue weighted by molar-refractivity contribution is -0.154. The molecule has 0 fully saturated rings. The van der Waals surface area contributed by atoms with Crippen LogP contribution in [0, 0.1) is 0 Å². The average Bonchev–Trinajstić information content (AvgIpc) is 1.96. The first kappa shape index (κ1) is 12.5. The smallest absolute Gasteiger partial charge is 0.426 e. The van der Waals surface area contributed by atoms with Gasteiger partial charge in [0.05, 0.1) is 0 Å². The molecule has 0 radical (unpaired) electrons. The van der Waals surface area contributed by atoms with Crippen LogP contribution in [-0.2, 0) is 9.36 Å². The van der Waals surface area contributed by atoms with Gasteiger partial charge in [-0.05, 0) is 6.42 Å². The molecule has 13 heavy (non-hydrogen) atoms. The molecule has 4 N–H and O–H groups in total. The second-order valence-corrected chi connectivity index (χ2v) is 3.91. The van der Waals surface area contributed by atoms with Crippen LogP contribution < -0.4 is 0 Å². The van der Waals surface area contributed by atoms with Crippen molar-refractivity contribution in [2.45, 2.75) is 25.8 Å². The Hall–Kier alpha value is -0.460. The third-order valence-electron chi connectivity index (χ3n) is 1.39. The predicted molar refractivity (Wildman–Crippen MR) is 42.0 cm³/mol. The van der Waals surface area contributed by atoms with Gasteiger partial charge in [-0.25, -0.2) is 4.57 Å². The summed E-state index contributed by atoms with van der Waals surface area (Å²) in [6.07, 6.45) is 0.366. The summed E-state index contributed by atoms with van der Waals surface area (Å²) in [5.41, 5.74) is 0. The first-order chi connectivity index (χ1) is 5.80. The summed E-state index contributed by atoms with van der Waals surface area (Å²) >= 11 is 0. The quantitative estimate of drug-likeness (QED) is 0.375. The molecule has 1 atom stereocenters. The molecule has 78 valence electrons. The summed E-state index contributed by atoms with van der Waals surface area (Å²) in [6.45, 7) is 1.64. The summed E-state index contributed by atoms with van der Waals surface area (Å²) < 4.78 is 10.5. The summed E-state index contributed by atoms with van der Waals surface area (Å²) in [5, 5.41) is 17.3. The molecule has 0 aliphatic carbocycles. The zero-order valence-corrected chi connectivity index (χ0v) is 7.89. The van der Waals surface area contributed by atoms with E-state index >= 15 is 0 Å². The van der Waals surface area contributed by atoms with E-state index in [0.29, 0.717) is 6.42 Å². The molecule has 0 saturated carbocycles. The highest BCUT2D eigenvalue weighted by molar-refractivity contribution is 7.48. The molecule has 0 unspecified atom stereocenters. The van der Waals surface area contributed by atoms with Crippen LogP contribution >= 0.6 is 7.75 Å². The summed E-state index contributed by atoms with van der Waals surface area (Å²) in [6, 6.07) is -1.56. The van der Waals surface area contributed by atoms with Crippen molar-refractivity contribution in [3.8, 4) is 0 Å². The van der Waals surface area contributed by atoms with E-state index in [1.165, 1.54) is 0 Å². The molecule has 7 nitrogen and oxygen atoms in total. The zero-order chi connectivity index (χ0) is 10.6. The number of carboxylic acids is 1. The van der Waals surface area contributed by atoms with Crippen molar-refractivity contribution < 1.29 is 29.5 Å². The van der Waals surface area contributed by atoms with Crippen LogP contribution in [0.5, 0.6) is 0 Å². The van der Waals surface area contributed by atoms with Crippen molar-refractivity contribution in [1.29, 1.82) is 0 Å². The zero-order valence-electron chi connectivity index (χ0n) is 6.99. The fourth-order valence-electron chi connectivity index (χ4n) is 0.793. The van der Waals surface area contributed by atoms with E-state index in [1.807, 2.05) is 0 Å². The first-order valence-corrected chi connectivity index (χ1v) is 5.14. The second-order valence-electron chi connectivity index (χ2n) is 2.48. The van der Waals surface area contributed by atoms with E-state index in [-0.39, 0.29) is 6.42 Å². The van der Waals surface area contributed by atoms with E-state index in [2.05, 4.69) is 0 Å². The maximum atomic E-state index is 10.5. The summed E-state index contributed by atoms with van der Waals surface area (Å²) in [5.74, 6) is -1.47. The Balaban J connectivity index is 4.56. The fraction of sp³-hybridized carbons (Fsp3) is 0.800. The number of hydrogen-bond donors (Lipinski definition) is 4. The molecule has 0 bridgehead atoms. The van der Waals surface area contributed by atoms with E-state index in [9.17, 15) is 9.36 Å². The SMILES string of the molecule is CCC[C@@H](C(=O)O)N(O)P(=O)(O)O. The molecule has 0 aliphatic rings. The minimum Gasteiger partial charge on any atom is -0.480 e. The molecule has 0 aliphatic heterocycles. The van der Waals surface area contributed by atoms with Gasteiger partial charge >= 0.3 is 13.7 Å². The normalized spacial score (nSPS) is 14.5. The van der Waals surface area contributed by atoms with Crippen LogP contribution in [0.25, 0.3) is 0 Å². The lowest BCUT2D eigenvalue weighted by atomic mass is 10.2. The number of hydrogen-bond acceptors (Lipinski definition) is 3. The van der Waals surface area contributed by atoms with Crippen molar-refractivity contribution in [2.75, 3.05) is 0 Å². The molecular formula is C5H12NO6P. The maximum absolute atomic E-state index is 10.5. The predicted octanol–water partition coefficient (Wildman–Crippen LogP) is 0.0236. The van der Waals surface area contributed by atoms with Crippen LogP contribution in [0.1, 0.15) is 19.8 Å². The topological polar surface area (TPSA) is 118 Å². The average molecular weight is 213 g/mol. The number of nitrogens with zero attached hydrogens (tertiary/aromatic N) is 1.